The zero-order chi connectivity index (χ0) is 16.9. The molecule has 0 unspecified atom stereocenters. The molecule has 0 spiro atoms. The third-order valence-corrected chi connectivity index (χ3v) is 4.74. The molecule has 124 valence electrons. The minimum Gasteiger partial charge on any atom is -0.330 e. The summed E-state index contributed by atoms with van der Waals surface area (Å²) in [5, 5.41) is 3.88. The normalized spacial score (nSPS) is 18.7. The average Bonchev–Trinajstić information content (AvgIpc) is 2.52. The molecule has 0 saturated carbocycles. The molecule has 0 heterocycles. The molecule has 0 radical (unpaired) electrons. The van der Waals surface area contributed by atoms with E-state index in [2.05, 4.69) is 50.2 Å². The van der Waals surface area contributed by atoms with Crippen LogP contribution in [0.25, 0.3) is 6.08 Å². The third-order valence-electron chi connectivity index (χ3n) is 4.74. The van der Waals surface area contributed by atoms with Crippen LogP contribution in [0.5, 0.6) is 0 Å². The van der Waals surface area contributed by atoms with Crippen molar-refractivity contribution in [1.29, 1.82) is 0 Å². The van der Waals surface area contributed by atoms with Crippen molar-refractivity contribution >= 4 is 11.8 Å². The van der Waals surface area contributed by atoms with Gasteiger partial charge in [0.05, 0.1) is 5.71 Å². The lowest BCUT2D eigenvalue weighted by Crippen LogP contribution is -2.18. The molecule has 0 atom stereocenters. The largest absolute Gasteiger partial charge is 0.330 e. The van der Waals surface area contributed by atoms with Crippen LogP contribution in [0.15, 0.2) is 46.6 Å². The Balaban J connectivity index is 2.27. The SMILES string of the molecule is CC1=C(/C=C/c2cccc(/C(CCN)=N\N)c2)C(C)(C)CCC1. The first-order chi connectivity index (χ1) is 11.0. The van der Waals surface area contributed by atoms with E-state index >= 15 is 0 Å². The van der Waals surface area contributed by atoms with Crippen LogP contribution in [-0.2, 0) is 0 Å². The lowest BCUT2D eigenvalue weighted by Gasteiger charge is -2.32. The van der Waals surface area contributed by atoms with E-state index in [1.54, 1.807) is 0 Å². The average molecular weight is 311 g/mol. The van der Waals surface area contributed by atoms with E-state index in [9.17, 15) is 0 Å². The Morgan fingerprint density at radius 2 is 2.09 bits per heavy atom. The van der Waals surface area contributed by atoms with Gasteiger partial charge in [-0.05, 0) is 60.9 Å². The maximum atomic E-state index is 5.63. The maximum absolute atomic E-state index is 5.63. The second-order valence-electron chi connectivity index (χ2n) is 7.00. The highest BCUT2D eigenvalue weighted by Crippen LogP contribution is 2.40. The van der Waals surface area contributed by atoms with E-state index in [-0.39, 0.29) is 5.41 Å². The van der Waals surface area contributed by atoms with E-state index < -0.39 is 0 Å². The van der Waals surface area contributed by atoms with Gasteiger partial charge in [0, 0.05) is 6.42 Å². The summed E-state index contributed by atoms with van der Waals surface area (Å²) < 4.78 is 0. The van der Waals surface area contributed by atoms with Gasteiger partial charge >= 0.3 is 0 Å². The number of hydrogen-bond donors (Lipinski definition) is 2. The number of hydrazone groups is 1. The van der Waals surface area contributed by atoms with Gasteiger partial charge in [-0.3, -0.25) is 0 Å². The molecule has 0 amide bonds. The molecule has 0 saturated heterocycles. The Hall–Kier alpha value is -1.87. The first-order valence-electron chi connectivity index (χ1n) is 8.43. The van der Waals surface area contributed by atoms with Gasteiger partial charge < -0.3 is 11.6 Å². The van der Waals surface area contributed by atoms with Gasteiger partial charge in [-0.2, -0.15) is 5.10 Å². The summed E-state index contributed by atoms with van der Waals surface area (Å²) in [6.07, 6.45) is 8.94. The molecular formula is C20H29N3. The summed E-state index contributed by atoms with van der Waals surface area (Å²) in [5.41, 5.74) is 12.0. The van der Waals surface area contributed by atoms with Gasteiger partial charge in [-0.15, -0.1) is 0 Å². The second kappa shape index (κ2) is 7.60. The predicted molar refractivity (Wildman–Crippen MR) is 100 cm³/mol. The third kappa shape index (κ3) is 4.32. The van der Waals surface area contributed by atoms with E-state index in [1.807, 2.05) is 12.1 Å². The molecule has 1 aromatic rings. The van der Waals surface area contributed by atoms with Crippen molar-refractivity contribution in [3.8, 4) is 0 Å². The standard InChI is InChI=1S/C20H29N3/c1-15-6-5-12-20(2,3)18(15)10-9-16-7-4-8-17(14-16)19(23-22)11-13-21/h4,7-10,14H,5-6,11-13,21-22H2,1-3H3/b10-9+,23-19-. The van der Waals surface area contributed by atoms with Crippen LogP contribution in [-0.4, -0.2) is 12.3 Å². The fraction of sp³-hybridized carbons (Fsp3) is 0.450. The number of allylic oxidation sites excluding steroid dienone is 3. The second-order valence-corrected chi connectivity index (χ2v) is 7.00. The molecule has 0 bridgehead atoms. The van der Waals surface area contributed by atoms with Crippen LogP contribution in [0, 0.1) is 5.41 Å². The summed E-state index contributed by atoms with van der Waals surface area (Å²) in [5.74, 6) is 5.49. The molecule has 0 aromatic heterocycles. The van der Waals surface area contributed by atoms with Gasteiger partial charge in [0.2, 0.25) is 0 Å². The summed E-state index contributed by atoms with van der Waals surface area (Å²) >= 11 is 0. The van der Waals surface area contributed by atoms with Crippen molar-refractivity contribution in [2.24, 2.45) is 22.1 Å². The number of rotatable bonds is 5. The Labute approximate surface area is 140 Å². The molecule has 3 heteroatoms. The molecule has 3 nitrogen and oxygen atoms in total. The van der Waals surface area contributed by atoms with Crippen molar-refractivity contribution < 1.29 is 0 Å². The van der Waals surface area contributed by atoms with Crippen LogP contribution < -0.4 is 11.6 Å². The van der Waals surface area contributed by atoms with E-state index in [1.165, 1.54) is 36.0 Å². The molecule has 0 aliphatic heterocycles. The first-order valence-corrected chi connectivity index (χ1v) is 8.43. The van der Waals surface area contributed by atoms with E-state index in [0.29, 0.717) is 13.0 Å². The van der Waals surface area contributed by atoms with Crippen molar-refractivity contribution in [1.82, 2.24) is 0 Å². The Morgan fingerprint density at radius 1 is 1.30 bits per heavy atom. The van der Waals surface area contributed by atoms with Crippen molar-refractivity contribution in [2.75, 3.05) is 6.54 Å². The van der Waals surface area contributed by atoms with Crippen LogP contribution in [0.2, 0.25) is 0 Å². The fourth-order valence-corrected chi connectivity index (χ4v) is 3.43. The summed E-state index contributed by atoms with van der Waals surface area (Å²) in [7, 11) is 0. The van der Waals surface area contributed by atoms with Crippen LogP contribution in [0.3, 0.4) is 0 Å². The zero-order valence-electron chi connectivity index (χ0n) is 14.6. The lowest BCUT2D eigenvalue weighted by molar-refractivity contribution is 0.377. The van der Waals surface area contributed by atoms with Gasteiger partial charge in [0.15, 0.2) is 0 Å². The molecule has 1 aliphatic rings. The Bertz CT molecular complexity index is 636. The minimum absolute atomic E-state index is 0.264. The lowest BCUT2D eigenvalue weighted by atomic mass is 9.72. The Morgan fingerprint density at radius 3 is 2.74 bits per heavy atom. The van der Waals surface area contributed by atoms with Crippen molar-refractivity contribution in [3.63, 3.8) is 0 Å². The first kappa shape index (κ1) is 17.5. The van der Waals surface area contributed by atoms with Crippen molar-refractivity contribution in [2.45, 2.75) is 46.5 Å². The molecule has 2 rings (SSSR count). The zero-order valence-corrected chi connectivity index (χ0v) is 14.6. The molecule has 1 aromatic carbocycles. The number of hydrogen-bond acceptors (Lipinski definition) is 3. The van der Waals surface area contributed by atoms with Gasteiger partial charge in [-0.1, -0.05) is 49.8 Å². The fourth-order valence-electron chi connectivity index (χ4n) is 3.43. The van der Waals surface area contributed by atoms with Gasteiger partial charge in [-0.25, -0.2) is 0 Å². The summed E-state index contributed by atoms with van der Waals surface area (Å²) in [6, 6.07) is 8.32. The van der Waals surface area contributed by atoms with Gasteiger partial charge in [0.25, 0.3) is 0 Å². The minimum atomic E-state index is 0.264. The van der Waals surface area contributed by atoms with Gasteiger partial charge in [0.1, 0.15) is 0 Å². The van der Waals surface area contributed by atoms with E-state index in [0.717, 1.165) is 11.3 Å². The number of nitrogens with zero attached hydrogens (tertiary/aromatic N) is 1. The molecular weight excluding hydrogens is 282 g/mol. The number of nitrogens with two attached hydrogens (primary N) is 2. The van der Waals surface area contributed by atoms with Crippen LogP contribution in [0.1, 0.15) is 57.6 Å². The molecule has 1 aliphatic carbocycles. The highest BCUT2D eigenvalue weighted by molar-refractivity contribution is 6.00. The monoisotopic (exact) mass is 311 g/mol. The van der Waals surface area contributed by atoms with E-state index in [4.69, 9.17) is 11.6 Å². The predicted octanol–water partition coefficient (Wildman–Crippen LogP) is 4.24. The number of benzene rings is 1. The quantitative estimate of drug-likeness (QED) is 0.485. The topological polar surface area (TPSA) is 64.4 Å². The summed E-state index contributed by atoms with van der Waals surface area (Å²) in [6.45, 7) is 7.49. The maximum Gasteiger partial charge on any atom is 0.0685 e. The van der Waals surface area contributed by atoms with Crippen LogP contribution >= 0.6 is 0 Å². The van der Waals surface area contributed by atoms with Crippen LogP contribution in [0.4, 0.5) is 0 Å². The van der Waals surface area contributed by atoms with Crippen molar-refractivity contribution in [3.05, 3.63) is 52.6 Å². The highest BCUT2D eigenvalue weighted by Gasteiger charge is 2.26. The highest BCUT2D eigenvalue weighted by atomic mass is 15.1. The molecule has 23 heavy (non-hydrogen) atoms. The molecule has 4 N–H and O–H groups in total. The molecule has 0 fully saturated rings. The smallest absolute Gasteiger partial charge is 0.0685 e. The summed E-state index contributed by atoms with van der Waals surface area (Å²) in [4.78, 5) is 0. The Kier molecular flexibility index (Phi) is 5.78.